The molecule has 0 radical (unpaired) electrons. The van der Waals surface area contributed by atoms with Gasteiger partial charge in [0, 0.05) is 25.5 Å². The van der Waals surface area contributed by atoms with Crippen molar-refractivity contribution in [1.29, 1.82) is 0 Å². The Morgan fingerprint density at radius 2 is 2.07 bits per heavy atom. The van der Waals surface area contributed by atoms with Gasteiger partial charge in [0.25, 0.3) is 5.91 Å². The normalized spacial score (nSPS) is 16.2. The highest BCUT2D eigenvalue weighted by molar-refractivity contribution is 5.95. The minimum absolute atomic E-state index is 0.0772. The van der Waals surface area contributed by atoms with Crippen LogP contribution < -0.4 is 10.1 Å². The van der Waals surface area contributed by atoms with Gasteiger partial charge in [0.05, 0.1) is 19.8 Å². The molecule has 3 aromatic rings. The van der Waals surface area contributed by atoms with Crippen molar-refractivity contribution in [1.82, 2.24) is 24.9 Å². The number of hydrogen-bond donors (Lipinski definition) is 1. The fourth-order valence-corrected chi connectivity index (χ4v) is 3.29. The minimum atomic E-state index is -0.250. The van der Waals surface area contributed by atoms with Crippen molar-refractivity contribution in [2.24, 2.45) is 0 Å². The van der Waals surface area contributed by atoms with Crippen LogP contribution in [0.3, 0.4) is 0 Å². The molecule has 1 saturated heterocycles. The molecule has 1 N–H and O–H groups in total. The molecule has 1 atom stereocenters. The van der Waals surface area contributed by atoms with Crippen molar-refractivity contribution in [3.05, 3.63) is 60.0 Å². The first-order valence-electron chi connectivity index (χ1n) is 9.34. The van der Waals surface area contributed by atoms with Gasteiger partial charge < -0.3 is 19.4 Å². The second-order valence-electron chi connectivity index (χ2n) is 6.70. The zero-order valence-electron chi connectivity index (χ0n) is 15.7. The number of nitrogens with one attached hydrogen (secondary N) is 1. The van der Waals surface area contributed by atoms with E-state index in [1.54, 1.807) is 11.8 Å². The van der Waals surface area contributed by atoms with Crippen LogP contribution in [-0.4, -0.2) is 51.8 Å². The number of benzene rings is 1. The lowest BCUT2D eigenvalue weighted by molar-refractivity contribution is 0.0853. The smallest absolute Gasteiger partial charge is 0.275 e. The van der Waals surface area contributed by atoms with E-state index in [9.17, 15) is 4.79 Å². The zero-order chi connectivity index (χ0) is 19.3. The van der Waals surface area contributed by atoms with E-state index >= 15 is 0 Å². The van der Waals surface area contributed by atoms with Crippen LogP contribution in [0.2, 0.25) is 0 Å². The number of carbonyl (C=O) groups is 1. The average molecular weight is 381 g/mol. The monoisotopic (exact) mass is 381 g/mol. The Bertz CT molecular complexity index is 912. The SMILES string of the molecule is COc1ccc(Cn2nnc(C(=O)NCC3CCCO3)c2-n2cccc2)cc1. The van der Waals surface area contributed by atoms with Crippen LogP contribution in [0.15, 0.2) is 48.8 Å². The molecule has 146 valence electrons. The molecule has 1 amide bonds. The molecule has 0 spiro atoms. The molecule has 1 unspecified atom stereocenters. The highest BCUT2D eigenvalue weighted by atomic mass is 16.5. The Morgan fingerprint density at radius 1 is 1.29 bits per heavy atom. The van der Waals surface area contributed by atoms with Crippen LogP contribution >= 0.6 is 0 Å². The van der Waals surface area contributed by atoms with Gasteiger partial charge in [-0.2, -0.15) is 0 Å². The van der Waals surface area contributed by atoms with E-state index < -0.39 is 0 Å². The van der Waals surface area contributed by atoms with E-state index in [1.165, 1.54) is 0 Å². The van der Waals surface area contributed by atoms with Crippen molar-refractivity contribution in [2.75, 3.05) is 20.3 Å². The molecular weight excluding hydrogens is 358 g/mol. The van der Waals surface area contributed by atoms with Gasteiger partial charge in [0.2, 0.25) is 0 Å². The largest absolute Gasteiger partial charge is 0.497 e. The van der Waals surface area contributed by atoms with Crippen molar-refractivity contribution in [2.45, 2.75) is 25.5 Å². The van der Waals surface area contributed by atoms with Gasteiger partial charge in [-0.05, 0) is 42.7 Å². The fourth-order valence-electron chi connectivity index (χ4n) is 3.29. The lowest BCUT2D eigenvalue weighted by Crippen LogP contribution is -2.32. The number of hydrogen-bond acceptors (Lipinski definition) is 5. The van der Waals surface area contributed by atoms with Gasteiger partial charge in [0.15, 0.2) is 11.5 Å². The van der Waals surface area contributed by atoms with Gasteiger partial charge in [-0.3, -0.25) is 4.79 Å². The maximum Gasteiger partial charge on any atom is 0.275 e. The number of ether oxygens (including phenoxy) is 2. The number of methoxy groups -OCH3 is 1. The molecule has 1 aliphatic rings. The molecule has 1 aromatic carbocycles. The summed E-state index contributed by atoms with van der Waals surface area (Å²) in [5.74, 6) is 1.17. The molecule has 1 fully saturated rings. The molecular formula is C20H23N5O3. The minimum Gasteiger partial charge on any atom is -0.497 e. The first kappa shape index (κ1) is 18.2. The summed E-state index contributed by atoms with van der Waals surface area (Å²) in [4.78, 5) is 12.8. The first-order chi connectivity index (χ1) is 13.7. The third kappa shape index (κ3) is 3.91. The molecule has 0 saturated carbocycles. The Balaban J connectivity index is 1.57. The van der Waals surface area contributed by atoms with Crippen LogP contribution in [-0.2, 0) is 11.3 Å². The van der Waals surface area contributed by atoms with Gasteiger partial charge in [0.1, 0.15) is 5.75 Å². The first-order valence-corrected chi connectivity index (χ1v) is 9.34. The van der Waals surface area contributed by atoms with Crippen LogP contribution in [0.4, 0.5) is 0 Å². The molecule has 4 rings (SSSR count). The van der Waals surface area contributed by atoms with Crippen LogP contribution in [0, 0.1) is 0 Å². The number of carbonyl (C=O) groups excluding carboxylic acids is 1. The molecule has 3 heterocycles. The Labute approximate surface area is 163 Å². The van der Waals surface area contributed by atoms with Crippen LogP contribution in [0.25, 0.3) is 5.82 Å². The summed E-state index contributed by atoms with van der Waals surface area (Å²) in [6.45, 7) is 1.73. The average Bonchev–Trinajstić information content (AvgIpc) is 3.48. The Morgan fingerprint density at radius 3 is 2.75 bits per heavy atom. The summed E-state index contributed by atoms with van der Waals surface area (Å²) in [6.07, 6.45) is 5.83. The third-order valence-electron chi connectivity index (χ3n) is 4.78. The summed E-state index contributed by atoms with van der Waals surface area (Å²) >= 11 is 0. The number of nitrogens with zero attached hydrogens (tertiary/aromatic N) is 4. The van der Waals surface area contributed by atoms with E-state index in [2.05, 4.69) is 15.6 Å². The molecule has 0 aliphatic carbocycles. The predicted molar refractivity (Wildman–Crippen MR) is 103 cm³/mol. The van der Waals surface area contributed by atoms with Crippen molar-refractivity contribution in [3.8, 4) is 11.6 Å². The van der Waals surface area contributed by atoms with Gasteiger partial charge in [-0.1, -0.05) is 17.3 Å². The summed E-state index contributed by atoms with van der Waals surface area (Å²) in [6, 6.07) is 11.5. The predicted octanol–water partition coefficient (Wildman–Crippen LogP) is 2.03. The van der Waals surface area contributed by atoms with E-state index in [4.69, 9.17) is 9.47 Å². The van der Waals surface area contributed by atoms with Gasteiger partial charge in [-0.15, -0.1) is 5.10 Å². The molecule has 0 bridgehead atoms. The second-order valence-corrected chi connectivity index (χ2v) is 6.70. The number of amides is 1. The number of rotatable bonds is 7. The maximum atomic E-state index is 12.8. The van der Waals surface area contributed by atoms with Crippen molar-refractivity contribution < 1.29 is 14.3 Å². The van der Waals surface area contributed by atoms with Crippen molar-refractivity contribution >= 4 is 5.91 Å². The summed E-state index contributed by atoms with van der Waals surface area (Å²) < 4.78 is 14.4. The van der Waals surface area contributed by atoms with Crippen LogP contribution in [0.5, 0.6) is 5.75 Å². The second kappa shape index (κ2) is 8.26. The summed E-state index contributed by atoms with van der Waals surface area (Å²) in [5.41, 5.74) is 1.33. The topological polar surface area (TPSA) is 83.2 Å². The fraction of sp³-hybridized carbons (Fsp3) is 0.350. The lowest BCUT2D eigenvalue weighted by Gasteiger charge is -2.12. The highest BCUT2D eigenvalue weighted by Crippen LogP contribution is 2.17. The number of aromatic nitrogens is 4. The summed E-state index contributed by atoms with van der Waals surface area (Å²) in [5, 5.41) is 11.3. The van der Waals surface area contributed by atoms with Gasteiger partial charge in [-0.25, -0.2) is 4.68 Å². The molecule has 2 aromatic heterocycles. The summed E-state index contributed by atoms with van der Waals surface area (Å²) in [7, 11) is 1.64. The molecule has 8 nitrogen and oxygen atoms in total. The standard InChI is InChI=1S/C20H23N5O3/c1-27-16-8-6-15(7-9-16)14-25-20(24-10-2-3-11-24)18(22-23-25)19(26)21-13-17-5-4-12-28-17/h2-3,6-11,17H,4-5,12-14H2,1H3,(H,21,26). The molecule has 28 heavy (non-hydrogen) atoms. The van der Waals surface area contributed by atoms with Crippen LogP contribution in [0.1, 0.15) is 28.9 Å². The zero-order valence-corrected chi connectivity index (χ0v) is 15.7. The van der Waals surface area contributed by atoms with E-state index in [-0.39, 0.29) is 12.0 Å². The molecule has 8 heteroatoms. The Kier molecular flexibility index (Phi) is 5.38. The molecule has 1 aliphatic heterocycles. The highest BCUT2D eigenvalue weighted by Gasteiger charge is 2.23. The third-order valence-corrected chi connectivity index (χ3v) is 4.78. The van der Waals surface area contributed by atoms with Crippen molar-refractivity contribution in [3.63, 3.8) is 0 Å². The lowest BCUT2D eigenvalue weighted by atomic mass is 10.2. The maximum absolute atomic E-state index is 12.8. The Hall–Kier alpha value is -3.13. The van der Waals surface area contributed by atoms with E-state index in [0.29, 0.717) is 24.6 Å². The van der Waals surface area contributed by atoms with E-state index in [0.717, 1.165) is 30.8 Å². The quantitative estimate of drug-likeness (QED) is 0.677. The van der Waals surface area contributed by atoms with E-state index in [1.807, 2.05) is 53.4 Å². The van der Waals surface area contributed by atoms with Gasteiger partial charge >= 0.3 is 0 Å².